The smallest absolute Gasteiger partial charge is 0.407 e. The van der Waals surface area contributed by atoms with Crippen LogP contribution in [0, 0.1) is 5.92 Å². The molecule has 0 heterocycles. The van der Waals surface area contributed by atoms with Crippen molar-refractivity contribution < 1.29 is 14.6 Å². The molecule has 0 aromatic rings. The second kappa shape index (κ2) is 5.07. The van der Waals surface area contributed by atoms with Gasteiger partial charge in [-0.25, -0.2) is 4.79 Å². The first kappa shape index (κ1) is 10.3. The molecule has 0 bridgehead atoms. The Kier molecular flexibility index (Phi) is 4.02. The van der Waals surface area contributed by atoms with Crippen molar-refractivity contribution in [3.63, 3.8) is 0 Å². The molecule has 0 aromatic heterocycles. The maximum absolute atomic E-state index is 10.9. The number of rotatable bonds is 3. The Labute approximate surface area is 78.3 Å². The van der Waals surface area contributed by atoms with E-state index in [0.717, 1.165) is 19.3 Å². The number of carbonyl (C=O) groups excluding carboxylic acids is 1. The lowest BCUT2D eigenvalue weighted by Gasteiger charge is -2.10. The van der Waals surface area contributed by atoms with Crippen molar-refractivity contribution in [1.29, 1.82) is 0 Å². The van der Waals surface area contributed by atoms with Crippen LogP contribution in [0.2, 0.25) is 0 Å². The summed E-state index contributed by atoms with van der Waals surface area (Å²) in [5.41, 5.74) is 0. The van der Waals surface area contributed by atoms with Crippen LogP contribution >= 0.6 is 0 Å². The van der Waals surface area contributed by atoms with Crippen LogP contribution in [0.15, 0.2) is 0 Å². The van der Waals surface area contributed by atoms with Crippen LogP contribution in [-0.2, 0) is 4.74 Å². The van der Waals surface area contributed by atoms with Gasteiger partial charge in [-0.2, -0.15) is 0 Å². The van der Waals surface area contributed by atoms with Gasteiger partial charge in [-0.3, -0.25) is 0 Å². The first-order valence-electron chi connectivity index (χ1n) is 4.81. The van der Waals surface area contributed by atoms with Crippen molar-refractivity contribution in [2.75, 3.05) is 13.2 Å². The number of aliphatic hydroxyl groups is 1. The number of amides is 1. The molecule has 76 valence electrons. The molecule has 2 unspecified atom stereocenters. The third-order valence-corrected chi connectivity index (χ3v) is 2.32. The SMILES string of the molecule is CCOC(=O)NCC1CCC(O)C1. The van der Waals surface area contributed by atoms with Crippen molar-refractivity contribution >= 4 is 6.09 Å². The van der Waals surface area contributed by atoms with Crippen molar-refractivity contribution in [3.8, 4) is 0 Å². The lowest BCUT2D eigenvalue weighted by Crippen LogP contribution is -2.29. The van der Waals surface area contributed by atoms with E-state index in [2.05, 4.69) is 5.32 Å². The molecule has 1 amide bonds. The van der Waals surface area contributed by atoms with E-state index in [1.54, 1.807) is 6.92 Å². The summed E-state index contributed by atoms with van der Waals surface area (Å²) in [4.78, 5) is 10.9. The second-order valence-electron chi connectivity index (χ2n) is 3.43. The third-order valence-electron chi connectivity index (χ3n) is 2.32. The zero-order chi connectivity index (χ0) is 9.68. The fraction of sp³-hybridized carbons (Fsp3) is 0.889. The standard InChI is InChI=1S/C9H17NO3/c1-2-13-9(12)10-6-7-3-4-8(11)5-7/h7-8,11H,2-6H2,1H3,(H,10,12). The van der Waals surface area contributed by atoms with Gasteiger partial charge in [-0.1, -0.05) is 0 Å². The van der Waals surface area contributed by atoms with E-state index in [1.165, 1.54) is 0 Å². The number of hydrogen-bond acceptors (Lipinski definition) is 3. The third kappa shape index (κ3) is 3.63. The van der Waals surface area contributed by atoms with Crippen LogP contribution in [0.5, 0.6) is 0 Å². The highest BCUT2D eigenvalue weighted by atomic mass is 16.5. The maximum Gasteiger partial charge on any atom is 0.407 e. The Hall–Kier alpha value is -0.770. The first-order valence-corrected chi connectivity index (χ1v) is 4.81. The fourth-order valence-corrected chi connectivity index (χ4v) is 1.64. The van der Waals surface area contributed by atoms with Crippen LogP contribution < -0.4 is 5.32 Å². The zero-order valence-electron chi connectivity index (χ0n) is 7.95. The average molecular weight is 187 g/mol. The summed E-state index contributed by atoms with van der Waals surface area (Å²) in [6.07, 6.45) is 2.12. The minimum Gasteiger partial charge on any atom is -0.450 e. The van der Waals surface area contributed by atoms with E-state index in [-0.39, 0.29) is 12.2 Å². The summed E-state index contributed by atoms with van der Waals surface area (Å²) in [5, 5.41) is 11.9. The minimum atomic E-state index is -0.358. The van der Waals surface area contributed by atoms with Crippen LogP contribution in [0.25, 0.3) is 0 Å². The molecule has 13 heavy (non-hydrogen) atoms. The lowest BCUT2D eigenvalue weighted by molar-refractivity contribution is 0.148. The molecule has 2 atom stereocenters. The molecule has 1 rings (SSSR count). The van der Waals surface area contributed by atoms with Crippen molar-refractivity contribution in [1.82, 2.24) is 5.32 Å². The van der Waals surface area contributed by atoms with Crippen LogP contribution in [0.3, 0.4) is 0 Å². The van der Waals surface area contributed by atoms with Gasteiger partial charge in [0.15, 0.2) is 0 Å². The van der Waals surface area contributed by atoms with Crippen molar-refractivity contribution in [2.45, 2.75) is 32.3 Å². The quantitative estimate of drug-likeness (QED) is 0.690. The normalized spacial score (nSPS) is 27.2. The second-order valence-corrected chi connectivity index (χ2v) is 3.43. The summed E-state index contributed by atoms with van der Waals surface area (Å²) < 4.78 is 4.72. The molecule has 0 aliphatic heterocycles. The van der Waals surface area contributed by atoms with E-state index in [0.29, 0.717) is 19.1 Å². The number of nitrogens with one attached hydrogen (secondary N) is 1. The maximum atomic E-state index is 10.9. The molecule has 0 saturated heterocycles. The molecule has 4 heteroatoms. The monoisotopic (exact) mass is 187 g/mol. The number of carbonyl (C=O) groups is 1. The van der Waals surface area contributed by atoms with E-state index in [9.17, 15) is 9.90 Å². The predicted molar refractivity (Wildman–Crippen MR) is 48.4 cm³/mol. The van der Waals surface area contributed by atoms with Crippen molar-refractivity contribution in [3.05, 3.63) is 0 Å². The number of ether oxygens (including phenoxy) is 1. The van der Waals surface area contributed by atoms with Gasteiger partial charge in [-0.15, -0.1) is 0 Å². The fourth-order valence-electron chi connectivity index (χ4n) is 1.64. The molecule has 0 radical (unpaired) electrons. The average Bonchev–Trinajstić information content (AvgIpc) is 2.49. The number of aliphatic hydroxyl groups excluding tert-OH is 1. The summed E-state index contributed by atoms with van der Waals surface area (Å²) in [5.74, 6) is 0.416. The first-order chi connectivity index (χ1) is 6.22. The van der Waals surface area contributed by atoms with Gasteiger partial charge in [0.1, 0.15) is 0 Å². The van der Waals surface area contributed by atoms with E-state index in [1.807, 2.05) is 0 Å². The minimum absolute atomic E-state index is 0.172. The number of hydrogen-bond donors (Lipinski definition) is 2. The van der Waals surface area contributed by atoms with Crippen molar-refractivity contribution in [2.24, 2.45) is 5.92 Å². The highest BCUT2D eigenvalue weighted by molar-refractivity contribution is 5.66. The van der Waals surface area contributed by atoms with Gasteiger partial charge in [0.2, 0.25) is 0 Å². The Morgan fingerprint density at radius 3 is 2.92 bits per heavy atom. The van der Waals surface area contributed by atoms with E-state index < -0.39 is 0 Å². The van der Waals surface area contributed by atoms with E-state index >= 15 is 0 Å². The van der Waals surface area contributed by atoms with E-state index in [4.69, 9.17) is 4.74 Å². The van der Waals surface area contributed by atoms with Gasteiger partial charge in [0.05, 0.1) is 12.7 Å². The lowest BCUT2D eigenvalue weighted by atomic mass is 10.1. The van der Waals surface area contributed by atoms with Gasteiger partial charge < -0.3 is 15.2 Å². The molecular formula is C9H17NO3. The molecule has 0 spiro atoms. The summed E-state index contributed by atoms with van der Waals surface area (Å²) >= 11 is 0. The van der Waals surface area contributed by atoms with Gasteiger partial charge >= 0.3 is 6.09 Å². The van der Waals surface area contributed by atoms with Gasteiger partial charge in [0, 0.05) is 6.54 Å². The van der Waals surface area contributed by atoms with Crippen LogP contribution in [0.1, 0.15) is 26.2 Å². The Morgan fingerprint density at radius 2 is 2.38 bits per heavy atom. The Balaban J connectivity index is 2.09. The summed E-state index contributed by atoms with van der Waals surface area (Å²) in [7, 11) is 0. The highest BCUT2D eigenvalue weighted by Gasteiger charge is 2.22. The molecule has 1 saturated carbocycles. The summed E-state index contributed by atoms with van der Waals surface area (Å²) in [6, 6.07) is 0. The largest absolute Gasteiger partial charge is 0.450 e. The van der Waals surface area contributed by atoms with Crippen LogP contribution in [-0.4, -0.2) is 30.5 Å². The molecule has 0 aromatic carbocycles. The molecule has 4 nitrogen and oxygen atoms in total. The molecule has 1 fully saturated rings. The number of alkyl carbamates (subject to hydrolysis) is 1. The topological polar surface area (TPSA) is 58.6 Å². The van der Waals surface area contributed by atoms with Gasteiger partial charge in [0.25, 0.3) is 0 Å². The zero-order valence-corrected chi connectivity index (χ0v) is 7.95. The summed E-state index contributed by atoms with van der Waals surface area (Å²) in [6.45, 7) is 2.80. The predicted octanol–water partition coefficient (Wildman–Crippen LogP) is 0.893. The highest BCUT2D eigenvalue weighted by Crippen LogP contribution is 2.24. The Morgan fingerprint density at radius 1 is 1.62 bits per heavy atom. The van der Waals surface area contributed by atoms with Gasteiger partial charge in [-0.05, 0) is 32.1 Å². The molecule has 1 aliphatic rings. The van der Waals surface area contributed by atoms with Crippen LogP contribution in [0.4, 0.5) is 4.79 Å². The molecule has 1 aliphatic carbocycles. The Bertz CT molecular complexity index is 172. The molecule has 2 N–H and O–H groups in total. The molecular weight excluding hydrogens is 170 g/mol.